The van der Waals surface area contributed by atoms with Crippen LogP contribution in [0, 0.1) is 0 Å². The zero-order valence-corrected chi connectivity index (χ0v) is 28.0. The molecule has 244 valence electrons. The fraction of sp³-hybridized carbons (Fsp3) is 0.135. The van der Waals surface area contributed by atoms with Crippen molar-refractivity contribution in [2.75, 3.05) is 29.6 Å². The average Bonchev–Trinajstić information content (AvgIpc) is 3.57. The van der Waals surface area contributed by atoms with Crippen LogP contribution >= 0.6 is 23.1 Å². The molecule has 0 bridgehead atoms. The molecule has 0 saturated heterocycles. The Hall–Kier alpha value is -5.39. The third-order valence-electron chi connectivity index (χ3n) is 6.74. The smallest absolute Gasteiger partial charge is 0.272 e. The first-order valence-electron chi connectivity index (χ1n) is 15.2. The number of carbonyl (C=O) groups is 3. The zero-order valence-electron chi connectivity index (χ0n) is 26.4. The minimum Gasteiger partial charge on any atom is -0.494 e. The molecule has 0 unspecified atom stereocenters. The van der Waals surface area contributed by atoms with Crippen LogP contribution in [0.2, 0.25) is 0 Å². The maximum absolute atomic E-state index is 13.5. The lowest BCUT2D eigenvalue weighted by Gasteiger charge is -2.13. The summed E-state index contributed by atoms with van der Waals surface area (Å²) in [6.45, 7) is 4.87. The average molecular weight is 679 g/mol. The Balaban J connectivity index is 1.19. The molecular weight excluding hydrogens is 645 g/mol. The van der Waals surface area contributed by atoms with Crippen LogP contribution in [0.5, 0.6) is 11.5 Å². The number of hydrogen-bond acceptors (Lipinski definition) is 8. The molecule has 0 saturated carbocycles. The highest BCUT2D eigenvalue weighted by atomic mass is 32.2. The van der Waals surface area contributed by atoms with Gasteiger partial charge in [-0.3, -0.25) is 14.4 Å². The third kappa shape index (κ3) is 9.57. The molecule has 0 aliphatic heterocycles. The standard InChI is InChI=1S/C37H34N4O5S2/c1-3-45-29-18-14-25(15-19-29)32-23-48-37(40-32)41-34(42)24-47-30-20-16-28(17-21-30)38-36(44)31(39-35(43)26-10-6-5-7-11-26)22-27-12-8-9-13-33(27)46-4-2/h5-23H,3-4,24H2,1-2H3,(H,38,44)(H,39,43)(H,40,41,42)/b31-22-. The molecule has 4 aromatic carbocycles. The fourth-order valence-corrected chi connectivity index (χ4v) is 5.91. The number of para-hydroxylation sites is 1. The van der Waals surface area contributed by atoms with E-state index in [4.69, 9.17) is 9.47 Å². The number of hydrogen-bond donors (Lipinski definition) is 3. The van der Waals surface area contributed by atoms with Crippen molar-refractivity contribution in [2.24, 2.45) is 0 Å². The number of ether oxygens (including phenoxy) is 2. The van der Waals surface area contributed by atoms with Crippen LogP contribution < -0.4 is 25.4 Å². The monoisotopic (exact) mass is 678 g/mol. The summed E-state index contributed by atoms with van der Waals surface area (Å²) < 4.78 is 11.2. The van der Waals surface area contributed by atoms with Crippen LogP contribution in [-0.2, 0) is 9.59 Å². The SMILES string of the molecule is CCOc1ccc(-c2csc(NC(=O)CSc3ccc(NC(=O)/C(=C/c4ccccc4OCC)NC(=O)c4ccccc4)cc3)n2)cc1. The maximum atomic E-state index is 13.5. The highest BCUT2D eigenvalue weighted by Gasteiger charge is 2.16. The number of thiazole rings is 1. The first-order valence-corrected chi connectivity index (χ1v) is 17.1. The van der Waals surface area contributed by atoms with E-state index in [9.17, 15) is 14.4 Å². The van der Waals surface area contributed by atoms with E-state index >= 15 is 0 Å². The van der Waals surface area contributed by atoms with Gasteiger partial charge in [-0.2, -0.15) is 0 Å². The van der Waals surface area contributed by atoms with Gasteiger partial charge < -0.3 is 25.4 Å². The predicted molar refractivity (Wildman–Crippen MR) is 193 cm³/mol. The minimum atomic E-state index is -0.501. The first-order chi connectivity index (χ1) is 23.4. The number of rotatable bonds is 14. The second-order valence-electron chi connectivity index (χ2n) is 10.2. The Labute approximate surface area is 287 Å². The van der Waals surface area contributed by atoms with Crippen molar-refractivity contribution < 1.29 is 23.9 Å². The van der Waals surface area contributed by atoms with Gasteiger partial charge in [-0.05, 0) is 86.7 Å². The van der Waals surface area contributed by atoms with Crippen LogP contribution in [0.3, 0.4) is 0 Å². The Morgan fingerprint density at radius 1 is 0.812 bits per heavy atom. The van der Waals surface area contributed by atoms with E-state index in [-0.39, 0.29) is 17.4 Å². The number of nitrogens with one attached hydrogen (secondary N) is 3. The van der Waals surface area contributed by atoms with Gasteiger partial charge >= 0.3 is 0 Å². The summed E-state index contributed by atoms with van der Waals surface area (Å²) in [5.74, 6) is 0.473. The van der Waals surface area contributed by atoms with E-state index in [0.717, 1.165) is 21.9 Å². The van der Waals surface area contributed by atoms with Crippen LogP contribution in [0.25, 0.3) is 17.3 Å². The van der Waals surface area contributed by atoms with Gasteiger partial charge in [0, 0.05) is 32.7 Å². The zero-order chi connectivity index (χ0) is 33.7. The number of thioether (sulfide) groups is 1. The number of nitrogens with zero attached hydrogens (tertiary/aromatic N) is 1. The molecule has 0 aliphatic rings. The van der Waals surface area contributed by atoms with E-state index < -0.39 is 11.8 Å². The van der Waals surface area contributed by atoms with Crippen LogP contribution in [0.1, 0.15) is 29.8 Å². The van der Waals surface area contributed by atoms with Gasteiger partial charge in [-0.25, -0.2) is 4.98 Å². The van der Waals surface area contributed by atoms with E-state index in [1.807, 2.05) is 79.9 Å². The molecule has 0 atom stereocenters. The van der Waals surface area contributed by atoms with Crippen molar-refractivity contribution in [3.63, 3.8) is 0 Å². The molecule has 0 fully saturated rings. The summed E-state index contributed by atoms with van der Waals surface area (Å²) in [6.07, 6.45) is 1.59. The lowest BCUT2D eigenvalue weighted by molar-refractivity contribution is -0.114. The van der Waals surface area contributed by atoms with Gasteiger partial charge in [-0.1, -0.05) is 36.4 Å². The Kier molecular flexibility index (Phi) is 12.0. The van der Waals surface area contributed by atoms with Gasteiger partial charge in [0.15, 0.2) is 5.13 Å². The summed E-state index contributed by atoms with van der Waals surface area (Å²) in [4.78, 5) is 44.5. The second-order valence-corrected chi connectivity index (χ2v) is 12.1. The van der Waals surface area contributed by atoms with E-state index in [1.54, 1.807) is 48.5 Å². The van der Waals surface area contributed by atoms with Crippen molar-refractivity contribution in [2.45, 2.75) is 18.7 Å². The predicted octanol–water partition coefficient (Wildman–Crippen LogP) is 7.75. The minimum absolute atomic E-state index is 0.0546. The quantitative estimate of drug-likeness (QED) is 0.0812. The van der Waals surface area contributed by atoms with Crippen molar-refractivity contribution in [3.05, 3.63) is 125 Å². The van der Waals surface area contributed by atoms with E-state index in [2.05, 4.69) is 20.9 Å². The first kappa shape index (κ1) is 34.0. The molecule has 1 heterocycles. The Bertz CT molecular complexity index is 1870. The number of aromatic nitrogens is 1. The highest BCUT2D eigenvalue weighted by Crippen LogP contribution is 2.28. The molecule has 48 heavy (non-hydrogen) atoms. The topological polar surface area (TPSA) is 119 Å². The summed E-state index contributed by atoms with van der Waals surface area (Å²) in [5, 5.41) is 10.9. The van der Waals surface area contributed by atoms with Crippen molar-refractivity contribution in [1.82, 2.24) is 10.3 Å². The maximum Gasteiger partial charge on any atom is 0.272 e. The lowest BCUT2D eigenvalue weighted by atomic mass is 10.1. The summed E-state index contributed by atoms with van der Waals surface area (Å²) in [5.41, 5.74) is 3.36. The fourth-order valence-electron chi connectivity index (χ4n) is 4.47. The molecule has 0 radical (unpaired) electrons. The molecule has 0 spiro atoms. The van der Waals surface area contributed by atoms with Gasteiger partial charge in [0.05, 0.1) is 24.7 Å². The summed E-state index contributed by atoms with van der Waals surface area (Å²) in [7, 11) is 0. The highest BCUT2D eigenvalue weighted by molar-refractivity contribution is 8.00. The molecular formula is C37H34N4O5S2. The molecule has 9 nitrogen and oxygen atoms in total. The van der Waals surface area contributed by atoms with Gasteiger partial charge in [0.25, 0.3) is 11.8 Å². The van der Waals surface area contributed by atoms with Crippen molar-refractivity contribution in [3.8, 4) is 22.8 Å². The van der Waals surface area contributed by atoms with Crippen LogP contribution in [0.15, 0.2) is 119 Å². The molecule has 3 amide bonds. The van der Waals surface area contributed by atoms with E-state index in [0.29, 0.717) is 40.9 Å². The number of benzene rings is 4. The van der Waals surface area contributed by atoms with Gasteiger partial charge in [0.2, 0.25) is 5.91 Å². The van der Waals surface area contributed by atoms with Crippen molar-refractivity contribution in [1.29, 1.82) is 0 Å². The summed E-state index contributed by atoms with van der Waals surface area (Å²) in [6, 6.07) is 30.7. The van der Waals surface area contributed by atoms with Gasteiger partial charge in [0.1, 0.15) is 17.2 Å². The van der Waals surface area contributed by atoms with Gasteiger partial charge in [-0.15, -0.1) is 23.1 Å². The molecule has 0 aliphatic carbocycles. The molecule has 5 aromatic rings. The van der Waals surface area contributed by atoms with Crippen LogP contribution in [0.4, 0.5) is 10.8 Å². The van der Waals surface area contributed by atoms with Crippen LogP contribution in [-0.4, -0.2) is 41.7 Å². The third-order valence-corrected chi connectivity index (χ3v) is 8.51. The molecule has 1 aromatic heterocycles. The largest absolute Gasteiger partial charge is 0.494 e. The summed E-state index contributed by atoms with van der Waals surface area (Å²) >= 11 is 2.72. The second kappa shape index (κ2) is 17.0. The van der Waals surface area contributed by atoms with Crippen molar-refractivity contribution >= 4 is 57.7 Å². The number of anilines is 2. The number of amides is 3. The van der Waals surface area contributed by atoms with E-state index in [1.165, 1.54) is 23.1 Å². The lowest BCUT2D eigenvalue weighted by Crippen LogP contribution is -2.30. The Morgan fingerprint density at radius 3 is 2.25 bits per heavy atom. The molecule has 3 N–H and O–H groups in total. The number of carbonyl (C=O) groups excluding carboxylic acids is 3. The molecule has 11 heteroatoms. The Morgan fingerprint density at radius 2 is 1.52 bits per heavy atom. The molecule has 5 rings (SSSR count). The normalized spacial score (nSPS) is 11.0.